The second kappa shape index (κ2) is 11.0. The van der Waals surface area contributed by atoms with E-state index in [-0.39, 0.29) is 0 Å². The zero-order chi connectivity index (χ0) is 32.3. The third-order valence-electron chi connectivity index (χ3n) is 9.77. The number of aromatic nitrogens is 1. The minimum Gasteiger partial charge on any atom is -0.455 e. The van der Waals surface area contributed by atoms with E-state index in [1.807, 2.05) is 0 Å². The van der Waals surface area contributed by atoms with E-state index in [0.29, 0.717) is 0 Å². The average molecular weight is 627 g/mol. The molecular formula is C46H30N2O. The lowest BCUT2D eigenvalue weighted by atomic mass is 10.00. The van der Waals surface area contributed by atoms with Gasteiger partial charge in [0.1, 0.15) is 11.2 Å². The third-order valence-corrected chi connectivity index (χ3v) is 9.77. The molecule has 8 aromatic carbocycles. The molecule has 0 amide bonds. The first-order valence-electron chi connectivity index (χ1n) is 16.7. The fraction of sp³-hybridized carbons (Fsp3) is 0. The first-order chi connectivity index (χ1) is 24.3. The van der Waals surface area contributed by atoms with Gasteiger partial charge in [-0.3, -0.25) is 0 Å². The highest BCUT2D eigenvalue weighted by atomic mass is 16.3. The van der Waals surface area contributed by atoms with Crippen LogP contribution in [-0.4, -0.2) is 4.57 Å². The van der Waals surface area contributed by atoms with Crippen LogP contribution in [0.1, 0.15) is 0 Å². The van der Waals surface area contributed by atoms with Gasteiger partial charge in [-0.2, -0.15) is 0 Å². The Labute approximate surface area is 283 Å². The number of hydrogen-bond acceptors (Lipinski definition) is 2. The summed E-state index contributed by atoms with van der Waals surface area (Å²) in [5.74, 6) is 0. The Morgan fingerprint density at radius 1 is 0.449 bits per heavy atom. The van der Waals surface area contributed by atoms with E-state index < -0.39 is 0 Å². The molecule has 0 saturated carbocycles. The fourth-order valence-corrected chi connectivity index (χ4v) is 7.61. The smallest absolute Gasteiger partial charge is 0.143 e. The van der Waals surface area contributed by atoms with Gasteiger partial charge in [-0.15, -0.1) is 0 Å². The molecule has 2 heterocycles. The van der Waals surface area contributed by atoms with Crippen molar-refractivity contribution >= 4 is 71.6 Å². The molecule has 0 unspecified atom stereocenters. The summed E-state index contributed by atoms with van der Waals surface area (Å²) in [7, 11) is 0. The second-order valence-corrected chi connectivity index (χ2v) is 12.5. The Morgan fingerprint density at radius 2 is 1.12 bits per heavy atom. The number of hydrogen-bond donors (Lipinski definition) is 0. The lowest BCUT2D eigenvalue weighted by Gasteiger charge is -2.28. The summed E-state index contributed by atoms with van der Waals surface area (Å²) >= 11 is 0. The maximum Gasteiger partial charge on any atom is 0.143 e. The first-order valence-corrected chi connectivity index (χ1v) is 16.7. The molecule has 10 rings (SSSR count). The summed E-state index contributed by atoms with van der Waals surface area (Å²) in [5, 5.41) is 6.94. The van der Waals surface area contributed by atoms with Gasteiger partial charge >= 0.3 is 0 Å². The molecule has 3 heteroatoms. The van der Waals surface area contributed by atoms with E-state index in [2.05, 4.69) is 191 Å². The molecule has 0 atom stereocenters. The van der Waals surface area contributed by atoms with Crippen LogP contribution >= 0.6 is 0 Å². The molecule has 49 heavy (non-hydrogen) atoms. The fourth-order valence-electron chi connectivity index (χ4n) is 7.61. The zero-order valence-corrected chi connectivity index (χ0v) is 26.6. The highest BCUT2D eigenvalue weighted by molar-refractivity contribution is 6.20. The number of rotatable bonds is 5. The minimum atomic E-state index is 0.866. The summed E-state index contributed by atoms with van der Waals surface area (Å²) in [6.45, 7) is 0. The predicted octanol–water partition coefficient (Wildman–Crippen LogP) is 13.0. The molecule has 0 aliphatic carbocycles. The van der Waals surface area contributed by atoms with Gasteiger partial charge in [0, 0.05) is 38.5 Å². The standard InChI is InChI=1S/C46H30N2O/c1-3-14-31(15-4-1)35-19-9-11-22-40(35)48(42-24-13-25-44-45(42)39-28-26-32-16-7-8-20-36(32)46(39)49-44)34-27-29-38-37-21-10-12-23-41(37)47(43(38)30-34)33-17-5-2-6-18-33/h1-30H. The van der Waals surface area contributed by atoms with E-state index in [0.717, 1.165) is 66.7 Å². The van der Waals surface area contributed by atoms with E-state index in [1.165, 1.54) is 21.7 Å². The lowest BCUT2D eigenvalue weighted by molar-refractivity contribution is 0.672. The van der Waals surface area contributed by atoms with Gasteiger partial charge < -0.3 is 13.9 Å². The molecule has 0 aliphatic heterocycles. The summed E-state index contributed by atoms with van der Waals surface area (Å²) in [5.41, 5.74) is 10.8. The topological polar surface area (TPSA) is 21.3 Å². The van der Waals surface area contributed by atoms with Crippen molar-refractivity contribution in [2.75, 3.05) is 4.90 Å². The molecule has 0 aliphatic rings. The van der Waals surface area contributed by atoms with Crippen LogP contribution in [0, 0.1) is 0 Å². The van der Waals surface area contributed by atoms with Crippen molar-refractivity contribution in [2.24, 2.45) is 0 Å². The van der Waals surface area contributed by atoms with Crippen molar-refractivity contribution in [3.05, 3.63) is 182 Å². The Balaban J connectivity index is 1.31. The molecule has 230 valence electrons. The first kappa shape index (κ1) is 27.5. The quantitative estimate of drug-likeness (QED) is 0.190. The van der Waals surface area contributed by atoms with Crippen LogP contribution in [-0.2, 0) is 0 Å². The summed E-state index contributed by atoms with van der Waals surface area (Å²) < 4.78 is 9.08. The van der Waals surface area contributed by atoms with Gasteiger partial charge in [0.05, 0.1) is 27.8 Å². The molecule has 2 aromatic heterocycles. The Bertz CT molecular complexity index is 2830. The van der Waals surface area contributed by atoms with Gasteiger partial charge in [0.25, 0.3) is 0 Å². The lowest BCUT2D eigenvalue weighted by Crippen LogP contribution is -2.11. The molecular weight excluding hydrogens is 597 g/mol. The number of nitrogens with zero attached hydrogens (tertiary/aromatic N) is 2. The van der Waals surface area contributed by atoms with Gasteiger partial charge in [-0.25, -0.2) is 0 Å². The van der Waals surface area contributed by atoms with Crippen molar-refractivity contribution in [3.8, 4) is 16.8 Å². The Hall–Kier alpha value is -6.58. The monoisotopic (exact) mass is 626 g/mol. The molecule has 3 nitrogen and oxygen atoms in total. The Morgan fingerprint density at radius 3 is 2.00 bits per heavy atom. The van der Waals surface area contributed by atoms with Crippen molar-refractivity contribution in [3.63, 3.8) is 0 Å². The van der Waals surface area contributed by atoms with Crippen LogP contribution in [0.2, 0.25) is 0 Å². The van der Waals surface area contributed by atoms with E-state index in [9.17, 15) is 0 Å². The van der Waals surface area contributed by atoms with Gasteiger partial charge in [-0.05, 0) is 65.5 Å². The SMILES string of the molecule is c1ccc(-c2ccccc2N(c2ccc3c4ccccc4n(-c4ccccc4)c3c2)c2cccc3oc4c5ccccc5ccc4c23)cc1. The van der Waals surface area contributed by atoms with E-state index in [1.54, 1.807) is 0 Å². The van der Waals surface area contributed by atoms with Crippen LogP contribution < -0.4 is 4.90 Å². The minimum absolute atomic E-state index is 0.866. The number of para-hydroxylation sites is 3. The molecule has 0 radical (unpaired) electrons. The maximum atomic E-state index is 6.70. The number of benzene rings is 8. The van der Waals surface area contributed by atoms with Gasteiger partial charge in [0.2, 0.25) is 0 Å². The highest BCUT2D eigenvalue weighted by Crippen LogP contribution is 2.47. The molecule has 0 bridgehead atoms. The Kier molecular flexibility index (Phi) is 6.18. The van der Waals surface area contributed by atoms with Crippen LogP contribution in [0.5, 0.6) is 0 Å². The summed E-state index contributed by atoms with van der Waals surface area (Å²) in [4.78, 5) is 2.42. The molecule has 0 N–H and O–H groups in total. The van der Waals surface area contributed by atoms with Gasteiger partial charge in [0.15, 0.2) is 0 Å². The molecule has 0 fully saturated rings. The summed E-state index contributed by atoms with van der Waals surface area (Å²) in [6, 6.07) is 64.9. The normalized spacial score (nSPS) is 11.7. The third kappa shape index (κ3) is 4.29. The van der Waals surface area contributed by atoms with E-state index >= 15 is 0 Å². The molecule has 0 saturated heterocycles. The number of anilines is 3. The van der Waals surface area contributed by atoms with Crippen molar-refractivity contribution in [1.29, 1.82) is 0 Å². The van der Waals surface area contributed by atoms with Crippen LogP contribution in [0.3, 0.4) is 0 Å². The predicted molar refractivity (Wildman–Crippen MR) is 206 cm³/mol. The second-order valence-electron chi connectivity index (χ2n) is 12.5. The van der Waals surface area contributed by atoms with Crippen molar-refractivity contribution in [1.82, 2.24) is 4.57 Å². The van der Waals surface area contributed by atoms with Crippen LogP contribution in [0.25, 0.3) is 71.3 Å². The number of furan rings is 1. The average Bonchev–Trinajstić information content (AvgIpc) is 3.72. The van der Waals surface area contributed by atoms with Crippen molar-refractivity contribution in [2.45, 2.75) is 0 Å². The molecule has 10 aromatic rings. The maximum absolute atomic E-state index is 6.70. The molecule has 0 spiro atoms. The van der Waals surface area contributed by atoms with Crippen molar-refractivity contribution < 1.29 is 4.42 Å². The summed E-state index contributed by atoms with van der Waals surface area (Å²) in [6.07, 6.45) is 0. The number of fused-ring (bicyclic) bond motifs is 8. The zero-order valence-electron chi connectivity index (χ0n) is 26.6. The van der Waals surface area contributed by atoms with E-state index in [4.69, 9.17) is 4.42 Å². The van der Waals surface area contributed by atoms with Gasteiger partial charge in [-0.1, -0.05) is 127 Å². The van der Waals surface area contributed by atoms with Crippen LogP contribution in [0.4, 0.5) is 17.1 Å². The largest absolute Gasteiger partial charge is 0.455 e. The van der Waals surface area contributed by atoms with Crippen LogP contribution in [0.15, 0.2) is 186 Å². The highest BCUT2D eigenvalue weighted by Gasteiger charge is 2.23.